The van der Waals surface area contributed by atoms with E-state index < -0.39 is 0 Å². The number of carbonyl (C=O) groups is 2. The lowest BCUT2D eigenvalue weighted by atomic mass is 10.1. The molecule has 2 amide bonds. The highest BCUT2D eigenvalue weighted by Gasteiger charge is 2.26. The summed E-state index contributed by atoms with van der Waals surface area (Å²) in [6, 6.07) is 9.23. The lowest BCUT2D eigenvalue weighted by Crippen LogP contribution is -2.35. The molecule has 0 spiro atoms. The van der Waals surface area contributed by atoms with Crippen molar-refractivity contribution in [2.45, 2.75) is 26.8 Å². The van der Waals surface area contributed by atoms with Gasteiger partial charge in [-0.3, -0.25) is 9.59 Å². The first-order valence-electron chi connectivity index (χ1n) is 9.39. The van der Waals surface area contributed by atoms with E-state index in [1.54, 1.807) is 6.20 Å². The molecule has 1 aliphatic heterocycles. The van der Waals surface area contributed by atoms with Crippen LogP contribution in [0.4, 0.5) is 11.6 Å². The van der Waals surface area contributed by atoms with Gasteiger partial charge in [-0.2, -0.15) is 0 Å². The average Bonchev–Trinajstić information content (AvgIpc) is 2.95. The first kappa shape index (κ1) is 18.7. The molecule has 1 aliphatic rings. The van der Waals surface area contributed by atoms with Crippen LogP contribution in [0.1, 0.15) is 27.3 Å². The first-order chi connectivity index (χ1) is 13.9. The maximum absolute atomic E-state index is 12.3. The van der Waals surface area contributed by atoms with Crippen LogP contribution in [0.3, 0.4) is 0 Å². The van der Waals surface area contributed by atoms with E-state index in [1.807, 2.05) is 44.2 Å². The summed E-state index contributed by atoms with van der Waals surface area (Å²) in [6.45, 7) is 5.34. The summed E-state index contributed by atoms with van der Waals surface area (Å²) in [5, 5.41) is 6.08. The normalized spacial score (nSPS) is 13.0. The van der Waals surface area contributed by atoms with Crippen molar-refractivity contribution in [3.63, 3.8) is 0 Å². The van der Waals surface area contributed by atoms with E-state index in [2.05, 4.69) is 25.2 Å². The standard InChI is InChI=1S/C21H22N6O2/c1-12-18(13(2)27-10-9-23-20(29)19(12)27)16-7-8-24-21(26-16)25-15-5-3-14(4-6-15)11-17(22)28/h3-8H,9-11H2,1-2H3,(H2,22,28)(H,23,29)(H,24,25,26). The monoisotopic (exact) mass is 390 g/mol. The molecular formula is C21H22N6O2. The molecule has 0 saturated heterocycles. The molecule has 0 radical (unpaired) electrons. The molecule has 3 aromatic rings. The zero-order valence-electron chi connectivity index (χ0n) is 16.3. The van der Waals surface area contributed by atoms with E-state index in [9.17, 15) is 9.59 Å². The molecule has 4 rings (SSSR count). The van der Waals surface area contributed by atoms with Crippen LogP contribution in [0.25, 0.3) is 11.3 Å². The Bertz CT molecular complexity index is 1100. The lowest BCUT2D eigenvalue weighted by Gasteiger charge is -2.17. The second-order valence-electron chi connectivity index (χ2n) is 7.07. The van der Waals surface area contributed by atoms with E-state index in [-0.39, 0.29) is 18.2 Å². The SMILES string of the molecule is Cc1c(-c2ccnc(Nc3ccc(CC(N)=O)cc3)n2)c(C)n2c1C(=O)NCC2. The summed E-state index contributed by atoms with van der Waals surface area (Å²) in [7, 11) is 0. The summed E-state index contributed by atoms with van der Waals surface area (Å²) in [5.74, 6) is 0.0422. The van der Waals surface area contributed by atoms with Gasteiger partial charge in [-0.1, -0.05) is 12.1 Å². The van der Waals surface area contributed by atoms with Gasteiger partial charge in [0.1, 0.15) is 5.69 Å². The van der Waals surface area contributed by atoms with Crippen molar-refractivity contribution in [3.05, 3.63) is 59.0 Å². The van der Waals surface area contributed by atoms with Gasteiger partial charge >= 0.3 is 0 Å². The highest BCUT2D eigenvalue weighted by molar-refractivity contribution is 5.97. The lowest BCUT2D eigenvalue weighted by molar-refractivity contribution is -0.117. The second kappa shape index (κ2) is 7.38. The van der Waals surface area contributed by atoms with Crippen LogP contribution in [-0.4, -0.2) is 32.9 Å². The summed E-state index contributed by atoms with van der Waals surface area (Å²) < 4.78 is 2.05. The van der Waals surface area contributed by atoms with Crippen LogP contribution in [0.2, 0.25) is 0 Å². The zero-order valence-corrected chi connectivity index (χ0v) is 16.3. The molecule has 3 heterocycles. The maximum Gasteiger partial charge on any atom is 0.268 e. The van der Waals surface area contributed by atoms with Gasteiger partial charge < -0.3 is 20.9 Å². The van der Waals surface area contributed by atoms with Gasteiger partial charge in [0.05, 0.1) is 12.1 Å². The predicted octanol–water partition coefficient (Wildman–Crippen LogP) is 2.08. The molecular weight excluding hydrogens is 368 g/mol. The fourth-order valence-corrected chi connectivity index (χ4v) is 3.80. The van der Waals surface area contributed by atoms with Crippen LogP contribution in [-0.2, 0) is 17.8 Å². The van der Waals surface area contributed by atoms with Gasteiger partial charge in [-0.15, -0.1) is 0 Å². The van der Waals surface area contributed by atoms with Crippen molar-refractivity contribution in [2.75, 3.05) is 11.9 Å². The third-order valence-electron chi connectivity index (χ3n) is 5.10. The number of amides is 2. The van der Waals surface area contributed by atoms with Crippen LogP contribution in [0.15, 0.2) is 36.5 Å². The maximum atomic E-state index is 12.3. The highest BCUT2D eigenvalue weighted by atomic mass is 16.2. The zero-order chi connectivity index (χ0) is 20.5. The summed E-state index contributed by atoms with van der Waals surface area (Å²) in [5.41, 5.74) is 11.2. The summed E-state index contributed by atoms with van der Waals surface area (Å²) in [6.07, 6.45) is 1.90. The third kappa shape index (κ3) is 3.56. The Hall–Kier alpha value is -3.68. The molecule has 29 heavy (non-hydrogen) atoms. The first-order valence-corrected chi connectivity index (χ1v) is 9.39. The van der Waals surface area contributed by atoms with Crippen molar-refractivity contribution in [1.82, 2.24) is 19.9 Å². The molecule has 0 atom stereocenters. The molecule has 2 aromatic heterocycles. The van der Waals surface area contributed by atoms with Gasteiger partial charge in [0.25, 0.3) is 5.91 Å². The minimum absolute atomic E-state index is 0.0495. The molecule has 8 heteroatoms. The van der Waals surface area contributed by atoms with Crippen molar-refractivity contribution in [3.8, 4) is 11.3 Å². The predicted molar refractivity (Wildman–Crippen MR) is 110 cm³/mol. The van der Waals surface area contributed by atoms with Crippen LogP contribution in [0.5, 0.6) is 0 Å². The number of anilines is 2. The van der Waals surface area contributed by atoms with E-state index >= 15 is 0 Å². The Morgan fingerprint density at radius 2 is 2.00 bits per heavy atom. The Balaban J connectivity index is 1.63. The van der Waals surface area contributed by atoms with Gasteiger partial charge in [0, 0.05) is 36.2 Å². The number of rotatable bonds is 5. The minimum Gasteiger partial charge on any atom is -0.369 e. The van der Waals surface area contributed by atoms with E-state index in [1.165, 1.54) is 0 Å². The number of fused-ring (bicyclic) bond motifs is 1. The fraction of sp³-hybridized carbons (Fsp3) is 0.238. The molecule has 4 N–H and O–H groups in total. The molecule has 0 unspecified atom stereocenters. The van der Waals surface area contributed by atoms with E-state index in [0.717, 1.165) is 40.3 Å². The summed E-state index contributed by atoms with van der Waals surface area (Å²) in [4.78, 5) is 32.3. The molecule has 0 fully saturated rings. The average molecular weight is 390 g/mol. The largest absolute Gasteiger partial charge is 0.369 e. The minimum atomic E-state index is -0.364. The van der Waals surface area contributed by atoms with Gasteiger partial charge in [0.15, 0.2) is 0 Å². The fourth-order valence-electron chi connectivity index (χ4n) is 3.80. The molecule has 1 aromatic carbocycles. The van der Waals surface area contributed by atoms with Crippen LogP contribution in [0, 0.1) is 13.8 Å². The number of nitrogens with one attached hydrogen (secondary N) is 2. The number of hydrogen-bond donors (Lipinski definition) is 3. The molecule has 0 bridgehead atoms. The number of nitrogens with two attached hydrogens (primary N) is 1. The molecule has 0 saturated carbocycles. The molecule has 0 aliphatic carbocycles. The Morgan fingerprint density at radius 1 is 1.24 bits per heavy atom. The third-order valence-corrected chi connectivity index (χ3v) is 5.10. The number of benzene rings is 1. The quantitative estimate of drug-likeness (QED) is 0.617. The van der Waals surface area contributed by atoms with E-state index in [4.69, 9.17) is 5.73 Å². The second-order valence-corrected chi connectivity index (χ2v) is 7.07. The topological polar surface area (TPSA) is 115 Å². The van der Waals surface area contributed by atoms with Gasteiger partial charge in [-0.25, -0.2) is 9.97 Å². The Labute approximate surface area is 168 Å². The van der Waals surface area contributed by atoms with Crippen molar-refractivity contribution in [1.29, 1.82) is 0 Å². The summed E-state index contributed by atoms with van der Waals surface area (Å²) >= 11 is 0. The molecule has 148 valence electrons. The van der Waals surface area contributed by atoms with Gasteiger partial charge in [-0.05, 0) is 43.2 Å². The number of nitrogens with zero attached hydrogens (tertiary/aromatic N) is 3. The van der Waals surface area contributed by atoms with Crippen LogP contribution >= 0.6 is 0 Å². The van der Waals surface area contributed by atoms with Crippen molar-refractivity contribution in [2.24, 2.45) is 5.73 Å². The molecule has 8 nitrogen and oxygen atoms in total. The number of carbonyl (C=O) groups excluding carboxylic acids is 2. The van der Waals surface area contributed by atoms with Crippen molar-refractivity contribution >= 4 is 23.5 Å². The van der Waals surface area contributed by atoms with E-state index in [0.29, 0.717) is 18.2 Å². The van der Waals surface area contributed by atoms with Gasteiger partial charge in [0.2, 0.25) is 11.9 Å². The van der Waals surface area contributed by atoms with Crippen LogP contribution < -0.4 is 16.4 Å². The highest BCUT2D eigenvalue weighted by Crippen LogP contribution is 2.32. The number of aromatic nitrogens is 3. The van der Waals surface area contributed by atoms with Crippen molar-refractivity contribution < 1.29 is 9.59 Å². The number of hydrogen-bond acceptors (Lipinski definition) is 5. The Morgan fingerprint density at radius 3 is 2.69 bits per heavy atom. The Kier molecular flexibility index (Phi) is 4.75. The number of primary amides is 1. The smallest absolute Gasteiger partial charge is 0.268 e.